The summed E-state index contributed by atoms with van der Waals surface area (Å²) in [6, 6.07) is 16.2. The summed E-state index contributed by atoms with van der Waals surface area (Å²) >= 11 is 6.21. The van der Waals surface area contributed by atoms with Crippen LogP contribution in [0.25, 0.3) is 10.9 Å². The summed E-state index contributed by atoms with van der Waals surface area (Å²) in [6.07, 6.45) is 4.34. The molecule has 0 spiro atoms. The van der Waals surface area contributed by atoms with Crippen LogP contribution in [0.3, 0.4) is 0 Å². The summed E-state index contributed by atoms with van der Waals surface area (Å²) in [5.41, 5.74) is 4.10. The lowest BCUT2D eigenvalue weighted by Crippen LogP contribution is -2.27. The van der Waals surface area contributed by atoms with Crippen molar-refractivity contribution < 1.29 is 9.18 Å². The first-order valence-electron chi connectivity index (χ1n) is 10.2. The van der Waals surface area contributed by atoms with Crippen LogP contribution < -0.4 is 5.32 Å². The molecule has 0 aliphatic heterocycles. The molecule has 2 aromatic carbocycles. The van der Waals surface area contributed by atoms with Gasteiger partial charge in [0.05, 0.1) is 0 Å². The molecule has 0 aliphatic carbocycles. The number of hydrogen-bond acceptors (Lipinski definition) is 2. The quantitative estimate of drug-likeness (QED) is 0.400. The van der Waals surface area contributed by atoms with Gasteiger partial charge in [0.25, 0.3) is 0 Å². The van der Waals surface area contributed by atoms with E-state index in [1.54, 1.807) is 18.3 Å². The normalized spacial score (nSPS) is 12.1. The van der Waals surface area contributed by atoms with Gasteiger partial charge in [-0.3, -0.25) is 9.78 Å². The average Bonchev–Trinajstić information content (AvgIpc) is 3.17. The van der Waals surface area contributed by atoms with Gasteiger partial charge in [0.2, 0.25) is 5.91 Å². The Morgan fingerprint density at radius 1 is 1.16 bits per heavy atom. The smallest absolute Gasteiger partial charge is 0.220 e. The minimum absolute atomic E-state index is 0.127. The Morgan fingerprint density at radius 3 is 2.84 bits per heavy atom. The zero-order valence-electron chi connectivity index (χ0n) is 17.2. The number of aromatic amines is 1. The van der Waals surface area contributed by atoms with Crippen molar-refractivity contribution in [2.24, 2.45) is 0 Å². The predicted octanol–water partition coefficient (Wildman–Crippen LogP) is 5.54. The molecular formula is C25H23ClFN3O. The van der Waals surface area contributed by atoms with Crippen molar-refractivity contribution in [3.8, 4) is 0 Å². The van der Waals surface area contributed by atoms with Crippen LogP contribution in [0.15, 0.2) is 67.0 Å². The molecule has 0 saturated heterocycles. The average molecular weight is 436 g/mol. The largest absolute Gasteiger partial charge is 0.361 e. The van der Waals surface area contributed by atoms with Crippen LogP contribution in [0, 0.1) is 12.7 Å². The molecule has 2 aromatic heterocycles. The van der Waals surface area contributed by atoms with E-state index in [-0.39, 0.29) is 18.1 Å². The first-order chi connectivity index (χ1) is 15.0. The van der Waals surface area contributed by atoms with Crippen molar-refractivity contribution >= 4 is 28.4 Å². The minimum Gasteiger partial charge on any atom is -0.361 e. The lowest BCUT2D eigenvalue weighted by Gasteiger charge is -2.18. The van der Waals surface area contributed by atoms with E-state index in [0.29, 0.717) is 23.6 Å². The first-order valence-corrected chi connectivity index (χ1v) is 10.6. The lowest BCUT2D eigenvalue weighted by molar-refractivity contribution is -0.121. The van der Waals surface area contributed by atoms with Gasteiger partial charge in [0.1, 0.15) is 5.82 Å². The van der Waals surface area contributed by atoms with Crippen molar-refractivity contribution in [3.63, 3.8) is 0 Å². The summed E-state index contributed by atoms with van der Waals surface area (Å²) in [5.74, 6) is -0.909. The van der Waals surface area contributed by atoms with Crippen LogP contribution >= 0.6 is 11.6 Å². The van der Waals surface area contributed by atoms with Crippen LogP contribution in [-0.2, 0) is 11.2 Å². The third-order valence-corrected chi connectivity index (χ3v) is 5.63. The molecular weight excluding hydrogens is 413 g/mol. The lowest BCUT2D eigenvalue weighted by atomic mass is 9.87. The van der Waals surface area contributed by atoms with Gasteiger partial charge < -0.3 is 10.3 Å². The highest BCUT2D eigenvalue weighted by molar-refractivity contribution is 6.31. The third kappa shape index (κ3) is 4.94. The molecule has 0 radical (unpaired) electrons. The van der Waals surface area contributed by atoms with Crippen LogP contribution in [-0.4, -0.2) is 22.4 Å². The van der Waals surface area contributed by atoms with Gasteiger partial charge in [0, 0.05) is 59.3 Å². The summed E-state index contributed by atoms with van der Waals surface area (Å²) in [7, 11) is 0. The van der Waals surface area contributed by atoms with E-state index in [1.807, 2.05) is 49.5 Å². The van der Waals surface area contributed by atoms with Crippen molar-refractivity contribution in [3.05, 3.63) is 100 Å². The number of fused-ring (bicyclic) bond motifs is 1. The van der Waals surface area contributed by atoms with Crippen molar-refractivity contribution in [2.45, 2.75) is 25.7 Å². The van der Waals surface area contributed by atoms with Crippen molar-refractivity contribution in [1.29, 1.82) is 0 Å². The van der Waals surface area contributed by atoms with Gasteiger partial charge in [0.15, 0.2) is 0 Å². The number of pyridine rings is 1. The van der Waals surface area contributed by atoms with Crippen LogP contribution in [0.1, 0.15) is 34.7 Å². The maximum atomic E-state index is 14.8. The molecule has 1 unspecified atom stereocenters. The Hall–Kier alpha value is -3.18. The Morgan fingerprint density at radius 2 is 2.03 bits per heavy atom. The summed E-state index contributed by atoms with van der Waals surface area (Å²) < 4.78 is 14.8. The van der Waals surface area contributed by atoms with Crippen LogP contribution in [0.2, 0.25) is 5.02 Å². The molecule has 0 aliphatic rings. The Kier molecular flexibility index (Phi) is 6.33. The van der Waals surface area contributed by atoms with Crippen LogP contribution in [0.5, 0.6) is 0 Å². The van der Waals surface area contributed by atoms with Crippen molar-refractivity contribution in [1.82, 2.24) is 15.3 Å². The maximum Gasteiger partial charge on any atom is 0.220 e. The van der Waals surface area contributed by atoms with Gasteiger partial charge in [-0.1, -0.05) is 35.4 Å². The fraction of sp³-hybridized carbons (Fsp3) is 0.200. The number of benzene rings is 2. The molecule has 0 bridgehead atoms. The van der Waals surface area contributed by atoms with E-state index in [0.717, 1.165) is 27.7 Å². The molecule has 158 valence electrons. The summed E-state index contributed by atoms with van der Waals surface area (Å²) in [4.78, 5) is 20.3. The van der Waals surface area contributed by atoms with Gasteiger partial charge in [-0.15, -0.1) is 0 Å². The topological polar surface area (TPSA) is 57.8 Å². The number of nitrogens with zero attached hydrogens (tertiary/aromatic N) is 1. The highest BCUT2D eigenvalue weighted by Crippen LogP contribution is 2.36. The number of hydrogen-bond donors (Lipinski definition) is 2. The summed E-state index contributed by atoms with van der Waals surface area (Å²) in [6.45, 7) is 2.39. The molecule has 0 fully saturated rings. The first kappa shape index (κ1) is 21.1. The Bertz CT molecular complexity index is 1210. The van der Waals surface area contributed by atoms with E-state index in [4.69, 9.17) is 11.6 Å². The molecule has 4 rings (SSSR count). The van der Waals surface area contributed by atoms with Crippen LogP contribution in [0.4, 0.5) is 4.39 Å². The molecule has 4 aromatic rings. The number of aryl methyl sites for hydroxylation is 1. The minimum atomic E-state index is -0.443. The van der Waals surface area contributed by atoms with E-state index >= 15 is 0 Å². The second-order valence-corrected chi connectivity index (χ2v) is 8.07. The van der Waals surface area contributed by atoms with Crippen molar-refractivity contribution in [2.75, 3.05) is 6.54 Å². The Balaban J connectivity index is 1.60. The monoisotopic (exact) mass is 435 g/mol. The van der Waals surface area contributed by atoms with E-state index in [2.05, 4.69) is 15.3 Å². The van der Waals surface area contributed by atoms with Gasteiger partial charge in [-0.2, -0.15) is 0 Å². The SMILES string of the molecule is Cc1ccc(F)c(C(CC(=O)NCCc2ccccn2)c2c[nH]c3ccc(Cl)cc23)c1. The fourth-order valence-corrected chi connectivity index (χ4v) is 4.03. The molecule has 1 atom stereocenters. The highest BCUT2D eigenvalue weighted by atomic mass is 35.5. The summed E-state index contributed by atoms with van der Waals surface area (Å²) in [5, 5.41) is 4.43. The molecule has 0 saturated carbocycles. The predicted molar refractivity (Wildman–Crippen MR) is 122 cm³/mol. The van der Waals surface area contributed by atoms with E-state index in [9.17, 15) is 9.18 Å². The van der Waals surface area contributed by atoms with E-state index in [1.165, 1.54) is 6.07 Å². The second-order valence-electron chi connectivity index (χ2n) is 7.64. The number of amides is 1. The third-order valence-electron chi connectivity index (χ3n) is 5.40. The standard InChI is InChI=1S/C25H23ClFN3O/c1-16-5-7-23(27)20(12-16)19(22-15-30-24-8-6-17(26)13-21(22)24)14-25(31)29-11-9-18-4-2-3-10-28-18/h2-8,10,12-13,15,19,30H,9,11,14H2,1H3,(H,29,31). The molecule has 4 nitrogen and oxygen atoms in total. The number of carbonyl (C=O) groups is 1. The van der Waals surface area contributed by atoms with Gasteiger partial charge >= 0.3 is 0 Å². The zero-order chi connectivity index (χ0) is 21.8. The van der Waals surface area contributed by atoms with Gasteiger partial charge in [-0.05, 0) is 54.4 Å². The highest BCUT2D eigenvalue weighted by Gasteiger charge is 2.24. The maximum absolute atomic E-state index is 14.8. The second kappa shape index (κ2) is 9.31. The number of nitrogens with one attached hydrogen (secondary N) is 2. The molecule has 2 N–H and O–H groups in total. The number of rotatable bonds is 7. The zero-order valence-corrected chi connectivity index (χ0v) is 17.9. The number of carbonyl (C=O) groups excluding carboxylic acids is 1. The molecule has 1 amide bonds. The molecule has 2 heterocycles. The Labute approximate surface area is 185 Å². The number of H-pyrrole nitrogens is 1. The molecule has 31 heavy (non-hydrogen) atoms. The fourth-order valence-electron chi connectivity index (χ4n) is 3.85. The van der Waals surface area contributed by atoms with E-state index < -0.39 is 5.92 Å². The molecule has 6 heteroatoms. The number of halogens is 2. The van der Waals surface area contributed by atoms with Gasteiger partial charge in [-0.25, -0.2) is 4.39 Å². The number of aromatic nitrogens is 2.